The van der Waals surface area contributed by atoms with Crippen molar-refractivity contribution < 1.29 is 37.8 Å². The Hall–Kier alpha value is -1.53. The van der Waals surface area contributed by atoms with Crippen LogP contribution >= 0.6 is 0 Å². The van der Waals surface area contributed by atoms with Crippen LogP contribution in [0.15, 0.2) is 18.2 Å². The fourth-order valence-electron chi connectivity index (χ4n) is 7.86. The summed E-state index contributed by atoms with van der Waals surface area (Å²) < 4.78 is 97.6. The fourth-order valence-corrected chi connectivity index (χ4v) is 11.8. The van der Waals surface area contributed by atoms with Gasteiger partial charge in [0, 0.05) is 0 Å². The van der Waals surface area contributed by atoms with E-state index < -0.39 is 61.8 Å². The normalized spacial score (nSPS) is 32.4. The lowest BCUT2D eigenvalue weighted by molar-refractivity contribution is 0.235. The molecule has 0 saturated heterocycles. The topological polar surface area (TPSA) is 130 Å². The van der Waals surface area contributed by atoms with E-state index in [1.165, 1.54) is 18.2 Å². The first-order chi connectivity index (χ1) is 22.1. The Kier molecular flexibility index (Phi) is 11.6. The van der Waals surface area contributed by atoms with E-state index in [4.69, 9.17) is 12.5 Å². The molecule has 0 bridgehead atoms. The van der Waals surface area contributed by atoms with Gasteiger partial charge in [0.05, 0.1) is 0 Å². The van der Waals surface area contributed by atoms with Crippen molar-refractivity contribution in [1.29, 1.82) is 0 Å². The first kappa shape index (κ1) is 39.3. The van der Waals surface area contributed by atoms with Gasteiger partial charge in [-0.15, -0.1) is 0 Å². The molecule has 0 aliphatic heterocycles. The zero-order valence-electron chi connectivity index (χ0n) is 30.6. The van der Waals surface area contributed by atoms with Crippen LogP contribution in [0.5, 0.6) is 17.2 Å². The van der Waals surface area contributed by atoms with Crippen molar-refractivity contribution in [3.63, 3.8) is 0 Å². The van der Waals surface area contributed by atoms with Crippen LogP contribution in [-0.2, 0) is 30.4 Å². The van der Waals surface area contributed by atoms with Gasteiger partial charge in [0.15, 0.2) is 11.5 Å². The van der Waals surface area contributed by atoms with Crippen molar-refractivity contribution in [3.05, 3.63) is 18.2 Å². The second-order valence-electron chi connectivity index (χ2n) is 16.8. The van der Waals surface area contributed by atoms with Crippen LogP contribution < -0.4 is 12.5 Å². The van der Waals surface area contributed by atoms with Gasteiger partial charge in [-0.3, -0.25) is 0 Å². The van der Waals surface area contributed by atoms with E-state index in [1.54, 1.807) is 20.8 Å². The Morgan fingerprint density at radius 2 is 0.750 bits per heavy atom. The molecule has 48 heavy (non-hydrogen) atoms. The number of benzene rings is 1. The molecule has 0 N–H and O–H groups in total. The van der Waals surface area contributed by atoms with Crippen LogP contribution in [0.2, 0.25) is 0 Å². The molecule has 1 aromatic carbocycles. The molecule has 9 nitrogen and oxygen atoms in total. The van der Waals surface area contributed by atoms with Gasteiger partial charge in [-0.2, -0.15) is 25.3 Å². The molecule has 0 atom stereocenters. The highest BCUT2D eigenvalue weighted by Gasteiger charge is 2.49. The highest BCUT2D eigenvalue weighted by atomic mass is 32.2. The average Bonchev–Trinajstić information content (AvgIpc) is 2.99. The highest BCUT2D eigenvalue weighted by molar-refractivity contribution is 7.89. The lowest BCUT2D eigenvalue weighted by Gasteiger charge is -2.38. The standard InChI is InChI=1S/C36H60O9S3/c1-25(2)28-13-19-34(7,20-14-28)46(37,38)43-31-11-10-12-32(44-47(39,40)35(8)21-15-29(16-22-35)26(3)4)33(31)45-48(41,42)36(9)23-17-30(18-24-36)27(5)6/h10-12,25-30H,13-24H2,1-9H3. The van der Waals surface area contributed by atoms with Gasteiger partial charge in [-0.25, -0.2) is 0 Å². The molecule has 276 valence electrons. The van der Waals surface area contributed by atoms with Gasteiger partial charge in [-0.1, -0.05) is 47.6 Å². The SMILES string of the molecule is CC(C)C1CCC(C)(S(=O)(=O)Oc2cccc(OS(=O)(=O)C3(C)CCC(C(C)C)CC3)c2OS(=O)(=O)C2(C)CCC(C(C)C)CC2)CC1. The summed E-state index contributed by atoms with van der Waals surface area (Å²) in [5.41, 5.74) is 0. The molecule has 3 aliphatic carbocycles. The fraction of sp³-hybridized carbons (Fsp3) is 0.833. The monoisotopic (exact) mass is 732 g/mol. The maximum atomic E-state index is 14.1. The molecule has 0 radical (unpaired) electrons. The van der Waals surface area contributed by atoms with Crippen molar-refractivity contribution in [2.75, 3.05) is 0 Å². The van der Waals surface area contributed by atoms with Gasteiger partial charge < -0.3 is 12.5 Å². The summed E-state index contributed by atoms with van der Waals surface area (Å²) in [6.45, 7) is 17.7. The highest BCUT2D eigenvalue weighted by Crippen LogP contribution is 2.49. The summed E-state index contributed by atoms with van der Waals surface area (Å²) in [5.74, 6) is 1.13. The van der Waals surface area contributed by atoms with E-state index in [0.29, 0.717) is 86.9 Å². The van der Waals surface area contributed by atoms with Crippen molar-refractivity contribution >= 4 is 30.4 Å². The predicted molar refractivity (Wildman–Crippen MR) is 191 cm³/mol. The molecule has 0 heterocycles. The summed E-state index contributed by atoms with van der Waals surface area (Å²) in [6, 6.07) is 4.01. The second-order valence-corrected chi connectivity index (χ2v) is 23.0. The molecule has 3 fully saturated rings. The van der Waals surface area contributed by atoms with Crippen molar-refractivity contribution in [2.24, 2.45) is 35.5 Å². The molecule has 0 spiro atoms. The largest absolute Gasteiger partial charge is 0.378 e. The van der Waals surface area contributed by atoms with Crippen LogP contribution in [-0.4, -0.2) is 39.5 Å². The van der Waals surface area contributed by atoms with Crippen LogP contribution in [0.4, 0.5) is 0 Å². The van der Waals surface area contributed by atoms with Crippen molar-refractivity contribution in [3.8, 4) is 17.2 Å². The number of hydrogen-bond acceptors (Lipinski definition) is 9. The summed E-state index contributed by atoms with van der Waals surface area (Å²) >= 11 is 0. The molecule has 3 saturated carbocycles. The van der Waals surface area contributed by atoms with Gasteiger partial charge >= 0.3 is 30.4 Å². The molecule has 0 amide bonds. The minimum atomic E-state index is -4.40. The Bertz CT molecular complexity index is 1500. The molecule has 0 aromatic heterocycles. The van der Waals surface area contributed by atoms with E-state index in [1.807, 2.05) is 0 Å². The van der Waals surface area contributed by atoms with Gasteiger partial charge in [0.2, 0.25) is 5.75 Å². The summed E-state index contributed by atoms with van der Waals surface area (Å²) in [7, 11) is -13.0. The Labute approximate surface area is 291 Å². The molecule has 12 heteroatoms. The van der Waals surface area contributed by atoms with Crippen LogP contribution in [0.1, 0.15) is 139 Å². The van der Waals surface area contributed by atoms with Crippen LogP contribution in [0, 0.1) is 35.5 Å². The maximum Gasteiger partial charge on any atom is 0.314 e. The third kappa shape index (κ3) is 8.00. The Balaban J connectivity index is 1.71. The number of hydrogen-bond donors (Lipinski definition) is 0. The molecule has 1 aromatic rings. The smallest absolute Gasteiger partial charge is 0.314 e. The van der Waals surface area contributed by atoms with E-state index >= 15 is 0 Å². The maximum absolute atomic E-state index is 14.1. The van der Waals surface area contributed by atoms with Crippen LogP contribution in [0.3, 0.4) is 0 Å². The third-order valence-corrected chi connectivity index (χ3v) is 18.5. The second kappa shape index (κ2) is 14.2. The summed E-state index contributed by atoms with van der Waals surface area (Å²) in [5, 5.41) is 0. The van der Waals surface area contributed by atoms with Crippen LogP contribution in [0.25, 0.3) is 0 Å². The van der Waals surface area contributed by atoms with Crippen molar-refractivity contribution in [2.45, 2.75) is 154 Å². The zero-order valence-corrected chi connectivity index (χ0v) is 33.0. The summed E-state index contributed by atoms with van der Waals surface area (Å²) in [6.07, 6.45) is 6.58. The Morgan fingerprint density at radius 1 is 0.500 bits per heavy atom. The van der Waals surface area contributed by atoms with E-state index in [-0.39, 0.29) is 0 Å². The first-order valence-corrected chi connectivity index (χ1v) is 22.2. The quantitative estimate of drug-likeness (QED) is 0.194. The van der Waals surface area contributed by atoms with E-state index in [2.05, 4.69) is 41.5 Å². The van der Waals surface area contributed by atoms with Gasteiger partial charge in [0.25, 0.3) is 0 Å². The minimum absolute atomic E-state index is 0.359. The molecular weight excluding hydrogens is 673 g/mol. The lowest BCUT2D eigenvalue weighted by atomic mass is 9.77. The van der Waals surface area contributed by atoms with E-state index in [9.17, 15) is 25.3 Å². The number of para-hydroxylation sites is 1. The Morgan fingerprint density at radius 3 is 1.00 bits per heavy atom. The first-order valence-electron chi connectivity index (χ1n) is 18.0. The van der Waals surface area contributed by atoms with E-state index in [0.717, 1.165) is 25.7 Å². The lowest BCUT2D eigenvalue weighted by Crippen LogP contribution is -2.44. The number of rotatable bonds is 12. The molecule has 3 aliphatic rings. The van der Waals surface area contributed by atoms with Gasteiger partial charge in [0.1, 0.15) is 14.2 Å². The summed E-state index contributed by atoms with van der Waals surface area (Å²) in [4.78, 5) is 0. The van der Waals surface area contributed by atoms with Crippen molar-refractivity contribution in [1.82, 2.24) is 0 Å². The molecule has 4 rings (SSSR count). The third-order valence-electron chi connectivity index (χ3n) is 12.4. The van der Waals surface area contributed by atoms with Gasteiger partial charge in [-0.05, 0) is 145 Å². The zero-order chi connectivity index (χ0) is 35.9. The predicted octanol–water partition coefficient (Wildman–Crippen LogP) is 8.63. The molecule has 0 unspecified atom stereocenters. The molecular formula is C36H60O9S3. The minimum Gasteiger partial charge on any atom is -0.378 e. The average molecular weight is 733 g/mol.